The van der Waals surface area contributed by atoms with E-state index < -0.39 is 0 Å². The summed E-state index contributed by atoms with van der Waals surface area (Å²) in [5, 5.41) is 3.75. The molecule has 0 aromatic carbocycles. The number of nitrogens with one attached hydrogen (secondary N) is 1. The first-order valence-electron chi connectivity index (χ1n) is 8.66. The van der Waals surface area contributed by atoms with Crippen LogP contribution in [0.2, 0.25) is 0 Å². The zero-order chi connectivity index (χ0) is 14.1. The summed E-state index contributed by atoms with van der Waals surface area (Å²) in [6, 6.07) is 1.48. The van der Waals surface area contributed by atoms with Crippen LogP contribution < -0.4 is 5.32 Å². The van der Waals surface area contributed by atoms with Gasteiger partial charge < -0.3 is 5.32 Å². The minimum atomic E-state index is 0.698. The fraction of sp³-hybridized carbons (Fsp3) is 1.00. The topological polar surface area (TPSA) is 15.3 Å². The second-order valence-corrected chi connectivity index (χ2v) is 6.61. The average molecular weight is 268 g/mol. The van der Waals surface area contributed by atoms with Gasteiger partial charge in [0.1, 0.15) is 0 Å². The molecule has 0 aliphatic carbocycles. The van der Waals surface area contributed by atoms with Crippen LogP contribution in [0, 0.1) is 5.92 Å². The van der Waals surface area contributed by atoms with Crippen LogP contribution in [0.15, 0.2) is 0 Å². The van der Waals surface area contributed by atoms with Crippen LogP contribution in [0.1, 0.15) is 72.6 Å². The van der Waals surface area contributed by atoms with Gasteiger partial charge in [0.15, 0.2) is 0 Å². The van der Waals surface area contributed by atoms with Gasteiger partial charge in [0.05, 0.1) is 0 Å². The SMILES string of the molecule is CCCCCCCN1CC(C(C)C)NCC1CCC. The minimum Gasteiger partial charge on any atom is -0.311 e. The van der Waals surface area contributed by atoms with E-state index in [0.717, 1.165) is 12.0 Å². The number of hydrogen-bond acceptors (Lipinski definition) is 2. The van der Waals surface area contributed by atoms with Crippen molar-refractivity contribution in [2.24, 2.45) is 5.92 Å². The molecule has 1 N–H and O–H groups in total. The summed E-state index contributed by atoms with van der Waals surface area (Å²) in [6.45, 7) is 13.1. The van der Waals surface area contributed by atoms with Gasteiger partial charge in [-0.3, -0.25) is 4.90 Å². The molecule has 0 amide bonds. The highest BCUT2D eigenvalue weighted by atomic mass is 15.2. The predicted molar refractivity (Wildman–Crippen MR) is 85.7 cm³/mol. The maximum Gasteiger partial charge on any atom is 0.0221 e. The molecular formula is C17H36N2. The van der Waals surface area contributed by atoms with E-state index in [9.17, 15) is 0 Å². The molecule has 0 radical (unpaired) electrons. The third-order valence-corrected chi connectivity index (χ3v) is 4.54. The maximum absolute atomic E-state index is 3.75. The Morgan fingerprint density at radius 3 is 2.42 bits per heavy atom. The van der Waals surface area contributed by atoms with Gasteiger partial charge in [0, 0.05) is 25.2 Å². The summed E-state index contributed by atoms with van der Waals surface area (Å²) in [4.78, 5) is 2.77. The van der Waals surface area contributed by atoms with Crippen molar-refractivity contribution in [3.8, 4) is 0 Å². The summed E-state index contributed by atoms with van der Waals surface area (Å²) in [5.41, 5.74) is 0. The lowest BCUT2D eigenvalue weighted by Crippen LogP contribution is -2.58. The Morgan fingerprint density at radius 1 is 1.05 bits per heavy atom. The molecule has 114 valence electrons. The van der Waals surface area contributed by atoms with Gasteiger partial charge in [-0.1, -0.05) is 59.8 Å². The number of hydrogen-bond donors (Lipinski definition) is 1. The van der Waals surface area contributed by atoms with Crippen LogP contribution in [0.5, 0.6) is 0 Å². The normalized spacial score (nSPS) is 25.1. The molecule has 2 atom stereocenters. The van der Waals surface area contributed by atoms with Crippen LogP contribution in [0.4, 0.5) is 0 Å². The lowest BCUT2D eigenvalue weighted by Gasteiger charge is -2.42. The third kappa shape index (κ3) is 6.27. The van der Waals surface area contributed by atoms with E-state index in [0.29, 0.717) is 6.04 Å². The molecule has 2 heteroatoms. The van der Waals surface area contributed by atoms with E-state index in [-0.39, 0.29) is 0 Å². The van der Waals surface area contributed by atoms with E-state index in [1.54, 1.807) is 0 Å². The molecule has 0 spiro atoms. The molecule has 2 nitrogen and oxygen atoms in total. The van der Waals surface area contributed by atoms with Crippen molar-refractivity contribution in [1.29, 1.82) is 0 Å². The van der Waals surface area contributed by atoms with Crippen LogP contribution in [0.3, 0.4) is 0 Å². The molecule has 1 rings (SSSR count). The second-order valence-electron chi connectivity index (χ2n) is 6.61. The highest BCUT2D eigenvalue weighted by molar-refractivity contribution is 4.87. The Labute approximate surface area is 121 Å². The molecule has 0 aromatic rings. The molecule has 1 aliphatic rings. The Kier molecular flexibility index (Phi) is 8.72. The molecule has 1 fully saturated rings. The van der Waals surface area contributed by atoms with Crippen molar-refractivity contribution < 1.29 is 0 Å². The van der Waals surface area contributed by atoms with Crippen LogP contribution in [0.25, 0.3) is 0 Å². The maximum atomic E-state index is 3.75. The smallest absolute Gasteiger partial charge is 0.0221 e. The standard InChI is InChI=1S/C17H36N2/c1-5-7-8-9-10-12-19-14-17(15(3)4)18-13-16(19)11-6-2/h15-18H,5-14H2,1-4H3. The number of rotatable bonds is 9. The highest BCUT2D eigenvalue weighted by Gasteiger charge is 2.28. The van der Waals surface area contributed by atoms with Gasteiger partial charge in [-0.15, -0.1) is 0 Å². The van der Waals surface area contributed by atoms with E-state index in [4.69, 9.17) is 0 Å². The Balaban J connectivity index is 2.34. The average Bonchev–Trinajstić information content (AvgIpc) is 2.40. The third-order valence-electron chi connectivity index (χ3n) is 4.54. The van der Waals surface area contributed by atoms with Gasteiger partial charge in [-0.2, -0.15) is 0 Å². The first-order chi connectivity index (χ1) is 9.19. The molecule has 1 heterocycles. The molecular weight excluding hydrogens is 232 g/mol. The summed E-state index contributed by atoms with van der Waals surface area (Å²) < 4.78 is 0. The van der Waals surface area contributed by atoms with Crippen LogP contribution >= 0.6 is 0 Å². The highest BCUT2D eigenvalue weighted by Crippen LogP contribution is 2.17. The molecule has 1 aliphatic heterocycles. The molecule has 19 heavy (non-hydrogen) atoms. The largest absolute Gasteiger partial charge is 0.311 e. The van der Waals surface area contributed by atoms with E-state index >= 15 is 0 Å². The summed E-state index contributed by atoms with van der Waals surface area (Å²) >= 11 is 0. The number of nitrogens with zero attached hydrogens (tertiary/aromatic N) is 1. The first-order valence-corrected chi connectivity index (χ1v) is 8.66. The van der Waals surface area contributed by atoms with E-state index in [1.807, 2.05) is 0 Å². The van der Waals surface area contributed by atoms with Crippen molar-refractivity contribution >= 4 is 0 Å². The lowest BCUT2D eigenvalue weighted by molar-refractivity contribution is 0.105. The van der Waals surface area contributed by atoms with Gasteiger partial charge in [-0.05, 0) is 25.3 Å². The first kappa shape index (κ1) is 17.0. The molecule has 0 saturated carbocycles. The van der Waals surface area contributed by atoms with E-state index in [2.05, 4.69) is 37.9 Å². The quantitative estimate of drug-likeness (QED) is 0.635. The summed E-state index contributed by atoms with van der Waals surface area (Å²) in [7, 11) is 0. The Hall–Kier alpha value is -0.0800. The summed E-state index contributed by atoms with van der Waals surface area (Å²) in [5.74, 6) is 0.755. The zero-order valence-electron chi connectivity index (χ0n) is 13.8. The number of piperazine rings is 1. The fourth-order valence-corrected chi connectivity index (χ4v) is 3.14. The minimum absolute atomic E-state index is 0.698. The van der Waals surface area contributed by atoms with Gasteiger partial charge in [0.2, 0.25) is 0 Å². The van der Waals surface area contributed by atoms with Crippen molar-refractivity contribution in [2.45, 2.75) is 84.7 Å². The van der Waals surface area contributed by atoms with Crippen molar-refractivity contribution in [1.82, 2.24) is 10.2 Å². The molecule has 2 unspecified atom stereocenters. The second kappa shape index (κ2) is 9.77. The zero-order valence-corrected chi connectivity index (χ0v) is 13.8. The van der Waals surface area contributed by atoms with Crippen molar-refractivity contribution in [3.05, 3.63) is 0 Å². The summed E-state index contributed by atoms with van der Waals surface area (Å²) in [6.07, 6.45) is 9.66. The van der Waals surface area contributed by atoms with Gasteiger partial charge in [0.25, 0.3) is 0 Å². The number of unbranched alkanes of at least 4 members (excludes halogenated alkanes) is 4. The molecule has 0 bridgehead atoms. The van der Waals surface area contributed by atoms with Crippen LogP contribution in [-0.4, -0.2) is 36.6 Å². The Bertz CT molecular complexity index is 215. The van der Waals surface area contributed by atoms with Crippen molar-refractivity contribution in [3.63, 3.8) is 0 Å². The Morgan fingerprint density at radius 2 is 1.79 bits per heavy atom. The predicted octanol–water partition coefficient (Wildman–Crippen LogP) is 4.06. The van der Waals surface area contributed by atoms with Gasteiger partial charge >= 0.3 is 0 Å². The van der Waals surface area contributed by atoms with Crippen molar-refractivity contribution in [2.75, 3.05) is 19.6 Å². The monoisotopic (exact) mass is 268 g/mol. The molecule has 0 aromatic heterocycles. The van der Waals surface area contributed by atoms with E-state index in [1.165, 1.54) is 64.6 Å². The fourth-order valence-electron chi connectivity index (χ4n) is 3.14. The van der Waals surface area contributed by atoms with Crippen LogP contribution in [-0.2, 0) is 0 Å². The molecule has 1 saturated heterocycles. The van der Waals surface area contributed by atoms with Gasteiger partial charge in [-0.25, -0.2) is 0 Å². The lowest BCUT2D eigenvalue weighted by atomic mass is 9.97.